The fraction of sp³-hybridized carbons (Fsp3) is 0.571. The highest BCUT2D eigenvalue weighted by atomic mass is 32.2. The number of amides is 1. The normalized spacial score (nSPS) is 21.5. The number of rotatable bonds is 3. The molecule has 116 valence electrons. The molecule has 1 atom stereocenters. The molecule has 0 aliphatic carbocycles. The largest absolute Gasteiger partial charge is 0.331 e. The summed E-state index contributed by atoms with van der Waals surface area (Å²) in [4.78, 5) is 18.4. The summed E-state index contributed by atoms with van der Waals surface area (Å²) in [5.41, 5.74) is 0.221. The smallest absolute Gasteiger partial charge is 0.257 e. The third kappa shape index (κ3) is 2.94. The van der Waals surface area contributed by atoms with Crippen molar-refractivity contribution in [3.05, 3.63) is 23.9 Å². The maximum absolute atomic E-state index is 12.6. The third-order valence-electron chi connectivity index (χ3n) is 4.01. The van der Waals surface area contributed by atoms with Gasteiger partial charge in [0.2, 0.25) is 0 Å². The van der Waals surface area contributed by atoms with E-state index in [-0.39, 0.29) is 22.5 Å². The van der Waals surface area contributed by atoms with Gasteiger partial charge in [-0.2, -0.15) is 0 Å². The van der Waals surface area contributed by atoms with Crippen molar-refractivity contribution in [2.24, 2.45) is 0 Å². The highest BCUT2D eigenvalue weighted by Crippen LogP contribution is 2.34. The molecule has 1 unspecified atom stereocenters. The summed E-state index contributed by atoms with van der Waals surface area (Å²) >= 11 is 0. The van der Waals surface area contributed by atoms with Crippen LogP contribution >= 0.6 is 0 Å². The van der Waals surface area contributed by atoms with E-state index in [9.17, 15) is 13.2 Å². The van der Waals surface area contributed by atoms with Gasteiger partial charge in [-0.1, -0.05) is 0 Å². The van der Waals surface area contributed by atoms with Gasteiger partial charge >= 0.3 is 0 Å². The van der Waals surface area contributed by atoms with Crippen molar-refractivity contribution in [3.63, 3.8) is 0 Å². The first kappa shape index (κ1) is 15.9. The second kappa shape index (κ2) is 5.38. The van der Waals surface area contributed by atoms with E-state index in [0.29, 0.717) is 5.56 Å². The minimum absolute atomic E-state index is 0.0877. The average Bonchev–Trinajstić information content (AvgIpc) is 2.72. The first-order valence-electron chi connectivity index (χ1n) is 6.92. The van der Waals surface area contributed by atoms with Crippen molar-refractivity contribution in [3.8, 4) is 0 Å². The fourth-order valence-electron chi connectivity index (χ4n) is 2.79. The van der Waals surface area contributed by atoms with E-state index in [1.54, 1.807) is 0 Å². The van der Waals surface area contributed by atoms with Crippen LogP contribution in [0.5, 0.6) is 0 Å². The lowest BCUT2D eigenvalue weighted by molar-refractivity contribution is 0.0577. The monoisotopic (exact) mass is 311 g/mol. The molecule has 1 aromatic rings. The van der Waals surface area contributed by atoms with Gasteiger partial charge in [0.15, 0.2) is 5.03 Å². The molecular weight excluding hydrogens is 290 g/mol. The average molecular weight is 311 g/mol. The number of carbonyl (C=O) groups excluding carboxylic acids is 1. The van der Waals surface area contributed by atoms with Gasteiger partial charge < -0.3 is 4.90 Å². The zero-order valence-corrected chi connectivity index (χ0v) is 13.6. The molecule has 0 spiro atoms. The van der Waals surface area contributed by atoms with Gasteiger partial charge in [0.05, 0.1) is 5.56 Å². The Bertz CT molecular complexity index is 638. The van der Waals surface area contributed by atoms with E-state index in [2.05, 4.69) is 9.71 Å². The second-order valence-electron chi connectivity index (χ2n) is 5.97. The Morgan fingerprint density at radius 3 is 2.52 bits per heavy atom. The van der Waals surface area contributed by atoms with Gasteiger partial charge in [0.25, 0.3) is 15.9 Å². The molecule has 1 aromatic heterocycles. The summed E-state index contributed by atoms with van der Waals surface area (Å²) in [5, 5.41) is -0.0877. The lowest BCUT2D eigenvalue weighted by atomic mass is 10.0. The molecule has 1 amide bonds. The molecule has 1 fully saturated rings. The number of carbonyl (C=O) groups is 1. The standard InChI is InChI=1S/C14H21N3O3S/c1-10-7-8-14(2,3)17(10)13(18)11-5-6-12(16-9-11)21(19,20)15-4/h5-6,9-10,15H,7-8H2,1-4H3. The molecule has 0 saturated carbocycles. The molecule has 6 nitrogen and oxygen atoms in total. The molecule has 21 heavy (non-hydrogen) atoms. The number of nitrogens with one attached hydrogen (secondary N) is 1. The van der Waals surface area contributed by atoms with Crippen LogP contribution in [0.4, 0.5) is 0 Å². The van der Waals surface area contributed by atoms with Crippen LogP contribution in [0.25, 0.3) is 0 Å². The maximum atomic E-state index is 12.6. The first-order chi connectivity index (χ1) is 9.69. The van der Waals surface area contributed by atoms with E-state index in [1.165, 1.54) is 25.4 Å². The van der Waals surface area contributed by atoms with Crippen LogP contribution in [0.15, 0.2) is 23.4 Å². The van der Waals surface area contributed by atoms with Crippen molar-refractivity contribution in [2.45, 2.75) is 50.2 Å². The Kier molecular flexibility index (Phi) is 4.08. The lowest BCUT2D eigenvalue weighted by Gasteiger charge is -2.34. The zero-order valence-electron chi connectivity index (χ0n) is 12.8. The molecule has 0 aromatic carbocycles. The fourth-order valence-corrected chi connectivity index (χ4v) is 3.44. The highest BCUT2D eigenvalue weighted by Gasteiger charge is 2.40. The van der Waals surface area contributed by atoms with Crippen LogP contribution in [0.1, 0.15) is 44.0 Å². The number of nitrogens with zero attached hydrogens (tertiary/aromatic N) is 2. The first-order valence-corrected chi connectivity index (χ1v) is 8.40. The summed E-state index contributed by atoms with van der Waals surface area (Å²) < 4.78 is 25.4. The zero-order chi connectivity index (χ0) is 15.8. The maximum Gasteiger partial charge on any atom is 0.257 e. The molecule has 0 radical (unpaired) electrons. The SMILES string of the molecule is CNS(=O)(=O)c1ccc(C(=O)N2C(C)CCC2(C)C)cn1. The molecule has 0 bridgehead atoms. The van der Waals surface area contributed by atoms with E-state index in [0.717, 1.165) is 12.8 Å². The van der Waals surface area contributed by atoms with Gasteiger partial charge in [-0.25, -0.2) is 18.1 Å². The number of likely N-dealkylation sites (tertiary alicyclic amines) is 1. The Morgan fingerprint density at radius 2 is 2.10 bits per heavy atom. The number of hydrogen-bond acceptors (Lipinski definition) is 4. The van der Waals surface area contributed by atoms with E-state index in [4.69, 9.17) is 0 Å². The van der Waals surface area contributed by atoms with Crippen molar-refractivity contribution >= 4 is 15.9 Å². The number of pyridine rings is 1. The molecular formula is C14H21N3O3S. The molecule has 1 aliphatic heterocycles. The molecule has 1 aliphatic rings. The van der Waals surface area contributed by atoms with Crippen molar-refractivity contribution < 1.29 is 13.2 Å². The van der Waals surface area contributed by atoms with Gasteiger partial charge in [-0.05, 0) is 52.8 Å². The number of hydrogen-bond donors (Lipinski definition) is 1. The summed E-state index contributed by atoms with van der Waals surface area (Å²) in [6, 6.07) is 3.04. The molecule has 2 rings (SSSR count). The Labute approximate surface area is 125 Å². The summed E-state index contributed by atoms with van der Waals surface area (Å²) in [5.74, 6) is -0.106. The molecule has 1 N–H and O–H groups in total. The van der Waals surface area contributed by atoms with Gasteiger partial charge in [0.1, 0.15) is 0 Å². The molecule has 7 heteroatoms. The second-order valence-corrected chi connectivity index (χ2v) is 7.80. The van der Waals surface area contributed by atoms with Crippen LogP contribution in [0.3, 0.4) is 0 Å². The van der Waals surface area contributed by atoms with E-state index < -0.39 is 10.0 Å². The van der Waals surface area contributed by atoms with Crippen LogP contribution in [0.2, 0.25) is 0 Å². The summed E-state index contributed by atoms with van der Waals surface area (Å²) in [6.07, 6.45) is 3.26. The highest BCUT2D eigenvalue weighted by molar-refractivity contribution is 7.89. The predicted octanol–water partition coefficient (Wildman–Crippen LogP) is 1.39. The number of sulfonamides is 1. The van der Waals surface area contributed by atoms with Gasteiger partial charge in [-0.3, -0.25) is 4.79 Å². The number of aromatic nitrogens is 1. The quantitative estimate of drug-likeness (QED) is 0.915. The minimum Gasteiger partial charge on any atom is -0.331 e. The topological polar surface area (TPSA) is 79.4 Å². The van der Waals surface area contributed by atoms with Crippen molar-refractivity contribution in [1.82, 2.24) is 14.6 Å². The molecule has 1 saturated heterocycles. The molecule has 2 heterocycles. The van der Waals surface area contributed by atoms with Crippen LogP contribution in [-0.2, 0) is 10.0 Å². The van der Waals surface area contributed by atoms with E-state index in [1.807, 2.05) is 25.7 Å². The Balaban J connectivity index is 2.29. The van der Waals surface area contributed by atoms with Crippen LogP contribution in [0, 0.1) is 0 Å². The van der Waals surface area contributed by atoms with Crippen molar-refractivity contribution in [1.29, 1.82) is 0 Å². The van der Waals surface area contributed by atoms with Gasteiger partial charge in [-0.15, -0.1) is 0 Å². The lowest BCUT2D eigenvalue weighted by Crippen LogP contribution is -2.46. The minimum atomic E-state index is -3.58. The Hall–Kier alpha value is -1.47. The predicted molar refractivity (Wildman–Crippen MR) is 79.4 cm³/mol. The van der Waals surface area contributed by atoms with Crippen molar-refractivity contribution in [2.75, 3.05) is 7.05 Å². The van der Waals surface area contributed by atoms with E-state index >= 15 is 0 Å². The van der Waals surface area contributed by atoms with Gasteiger partial charge in [0, 0.05) is 17.8 Å². The van der Waals surface area contributed by atoms with Crippen LogP contribution < -0.4 is 4.72 Å². The Morgan fingerprint density at radius 1 is 1.43 bits per heavy atom. The van der Waals surface area contributed by atoms with Crippen LogP contribution in [-0.4, -0.2) is 42.8 Å². The summed E-state index contributed by atoms with van der Waals surface area (Å²) in [6.45, 7) is 6.11. The third-order valence-corrected chi connectivity index (χ3v) is 5.34. The summed E-state index contributed by atoms with van der Waals surface area (Å²) in [7, 11) is -2.26.